The van der Waals surface area contributed by atoms with Crippen LogP contribution in [0.4, 0.5) is 0 Å². The highest BCUT2D eigenvalue weighted by Crippen LogP contribution is 2.30. The van der Waals surface area contributed by atoms with Gasteiger partial charge in [-0.3, -0.25) is 0 Å². The molecule has 0 aliphatic rings. The SMILES string of the molecule is CCCCCc1oc(-c2ccccc2)nc1-c1ccccc1. The Kier molecular flexibility index (Phi) is 4.69. The summed E-state index contributed by atoms with van der Waals surface area (Å²) in [7, 11) is 0. The van der Waals surface area contributed by atoms with Crippen molar-refractivity contribution < 1.29 is 4.42 Å². The van der Waals surface area contributed by atoms with Crippen LogP contribution in [0, 0.1) is 0 Å². The summed E-state index contributed by atoms with van der Waals surface area (Å²) in [5, 5.41) is 0. The van der Waals surface area contributed by atoms with Crippen molar-refractivity contribution in [2.75, 3.05) is 0 Å². The zero-order valence-electron chi connectivity index (χ0n) is 13.0. The summed E-state index contributed by atoms with van der Waals surface area (Å²) >= 11 is 0. The van der Waals surface area contributed by atoms with Gasteiger partial charge in [0, 0.05) is 17.5 Å². The Hall–Kier alpha value is -2.35. The molecule has 2 aromatic carbocycles. The topological polar surface area (TPSA) is 26.0 Å². The summed E-state index contributed by atoms with van der Waals surface area (Å²) in [4.78, 5) is 4.76. The Morgan fingerprint density at radius 3 is 2.09 bits per heavy atom. The summed E-state index contributed by atoms with van der Waals surface area (Å²) in [6.45, 7) is 2.22. The van der Waals surface area contributed by atoms with Crippen molar-refractivity contribution >= 4 is 0 Å². The molecule has 22 heavy (non-hydrogen) atoms. The molecule has 3 rings (SSSR count). The molecule has 2 nitrogen and oxygen atoms in total. The molecule has 2 heteroatoms. The Morgan fingerprint density at radius 1 is 0.818 bits per heavy atom. The summed E-state index contributed by atoms with van der Waals surface area (Å²) in [5.41, 5.74) is 3.14. The van der Waals surface area contributed by atoms with E-state index in [-0.39, 0.29) is 0 Å². The fraction of sp³-hybridized carbons (Fsp3) is 0.250. The van der Waals surface area contributed by atoms with Crippen LogP contribution in [0.5, 0.6) is 0 Å². The lowest BCUT2D eigenvalue weighted by atomic mass is 10.1. The van der Waals surface area contributed by atoms with Gasteiger partial charge in [0.25, 0.3) is 0 Å². The van der Waals surface area contributed by atoms with Crippen molar-refractivity contribution in [3.05, 3.63) is 66.4 Å². The fourth-order valence-electron chi connectivity index (χ4n) is 2.58. The molecule has 0 radical (unpaired) electrons. The zero-order valence-corrected chi connectivity index (χ0v) is 13.0. The van der Waals surface area contributed by atoms with E-state index in [0.717, 1.165) is 35.4 Å². The Bertz CT molecular complexity index is 701. The van der Waals surface area contributed by atoms with Gasteiger partial charge in [0.2, 0.25) is 5.89 Å². The average molecular weight is 291 g/mol. The van der Waals surface area contributed by atoms with E-state index in [1.807, 2.05) is 48.5 Å². The number of benzene rings is 2. The molecule has 0 unspecified atom stereocenters. The van der Waals surface area contributed by atoms with Gasteiger partial charge in [-0.25, -0.2) is 4.98 Å². The second-order valence-corrected chi connectivity index (χ2v) is 5.48. The molecular weight excluding hydrogens is 270 g/mol. The molecule has 3 aromatic rings. The van der Waals surface area contributed by atoms with Crippen LogP contribution in [-0.4, -0.2) is 4.98 Å². The monoisotopic (exact) mass is 291 g/mol. The van der Waals surface area contributed by atoms with Gasteiger partial charge in [-0.1, -0.05) is 68.3 Å². The maximum Gasteiger partial charge on any atom is 0.226 e. The number of nitrogens with zero attached hydrogens (tertiary/aromatic N) is 1. The standard InChI is InChI=1S/C20H21NO/c1-2-3-6-15-18-19(16-11-7-4-8-12-16)21-20(22-18)17-13-9-5-10-14-17/h4-5,7-14H,2-3,6,15H2,1H3. The van der Waals surface area contributed by atoms with E-state index in [1.165, 1.54) is 12.8 Å². The predicted octanol–water partition coefficient (Wildman–Crippen LogP) is 5.74. The van der Waals surface area contributed by atoms with Crippen LogP contribution in [0.1, 0.15) is 31.9 Å². The summed E-state index contributed by atoms with van der Waals surface area (Å²) in [5.74, 6) is 1.71. The molecule has 0 fully saturated rings. The number of oxazole rings is 1. The molecule has 0 spiro atoms. The van der Waals surface area contributed by atoms with Gasteiger partial charge in [-0.15, -0.1) is 0 Å². The normalized spacial score (nSPS) is 10.8. The smallest absolute Gasteiger partial charge is 0.226 e. The third-order valence-corrected chi connectivity index (χ3v) is 3.77. The van der Waals surface area contributed by atoms with Gasteiger partial charge in [-0.2, -0.15) is 0 Å². The lowest BCUT2D eigenvalue weighted by molar-refractivity contribution is 0.506. The highest BCUT2D eigenvalue weighted by molar-refractivity contribution is 5.65. The Morgan fingerprint density at radius 2 is 1.45 bits per heavy atom. The quantitative estimate of drug-likeness (QED) is 0.541. The molecule has 112 valence electrons. The molecule has 0 saturated carbocycles. The van der Waals surface area contributed by atoms with Crippen LogP contribution in [0.25, 0.3) is 22.7 Å². The molecule has 0 bridgehead atoms. The largest absolute Gasteiger partial charge is 0.441 e. The lowest BCUT2D eigenvalue weighted by Crippen LogP contribution is -1.87. The van der Waals surface area contributed by atoms with E-state index in [1.54, 1.807) is 0 Å². The maximum atomic E-state index is 6.09. The van der Waals surface area contributed by atoms with Gasteiger partial charge in [0.05, 0.1) is 0 Å². The number of hydrogen-bond donors (Lipinski definition) is 0. The number of hydrogen-bond acceptors (Lipinski definition) is 2. The van der Waals surface area contributed by atoms with Crippen molar-refractivity contribution in [2.24, 2.45) is 0 Å². The van der Waals surface area contributed by atoms with E-state index in [4.69, 9.17) is 9.40 Å². The number of rotatable bonds is 6. The van der Waals surface area contributed by atoms with Gasteiger partial charge in [0.15, 0.2) is 0 Å². The second-order valence-electron chi connectivity index (χ2n) is 5.48. The minimum Gasteiger partial charge on any atom is -0.441 e. The van der Waals surface area contributed by atoms with Gasteiger partial charge >= 0.3 is 0 Å². The highest BCUT2D eigenvalue weighted by atomic mass is 16.4. The molecule has 0 aliphatic carbocycles. The van der Waals surface area contributed by atoms with E-state index in [0.29, 0.717) is 5.89 Å². The molecule has 1 aromatic heterocycles. The fourth-order valence-corrected chi connectivity index (χ4v) is 2.58. The number of aromatic nitrogens is 1. The zero-order chi connectivity index (χ0) is 15.2. The molecular formula is C20H21NO. The summed E-state index contributed by atoms with van der Waals surface area (Å²) in [6, 6.07) is 20.4. The highest BCUT2D eigenvalue weighted by Gasteiger charge is 2.15. The molecule has 0 atom stereocenters. The van der Waals surface area contributed by atoms with E-state index >= 15 is 0 Å². The molecule has 0 aliphatic heterocycles. The summed E-state index contributed by atoms with van der Waals surface area (Å²) in [6.07, 6.45) is 4.51. The Labute approximate surface area is 131 Å². The van der Waals surface area contributed by atoms with Crippen molar-refractivity contribution in [1.29, 1.82) is 0 Å². The predicted molar refractivity (Wildman–Crippen MR) is 90.6 cm³/mol. The molecule has 0 saturated heterocycles. The van der Waals surface area contributed by atoms with Crippen molar-refractivity contribution in [3.63, 3.8) is 0 Å². The van der Waals surface area contributed by atoms with Crippen LogP contribution in [-0.2, 0) is 6.42 Å². The lowest BCUT2D eigenvalue weighted by Gasteiger charge is -2.00. The van der Waals surface area contributed by atoms with Gasteiger partial charge < -0.3 is 4.42 Å². The van der Waals surface area contributed by atoms with Crippen LogP contribution in [0.2, 0.25) is 0 Å². The van der Waals surface area contributed by atoms with Crippen molar-refractivity contribution in [2.45, 2.75) is 32.6 Å². The minimum absolute atomic E-state index is 0.714. The van der Waals surface area contributed by atoms with Gasteiger partial charge in [0.1, 0.15) is 11.5 Å². The first-order chi connectivity index (χ1) is 10.9. The average Bonchev–Trinajstić information content (AvgIpc) is 3.01. The van der Waals surface area contributed by atoms with Crippen LogP contribution < -0.4 is 0 Å². The molecule has 0 N–H and O–H groups in total. The molecule has 0 amide bonds. The first-order valence-corrected chi connectivity index (χ1v) is 7.99. The first kappa shape index (κ1) is 14.6. The van der Waals surface area contributed by atoms with Crippen LogP contribution >= 0.6 is 0 Å². The number of aryl methyl sites for hydroxylation is 1. The van der Waals surface area contributed by atoms with E-state index in [9.17, 15) is 0 Å². The van der Waals surface area contributed by atoms with E-state index in [2.05, 4.69) is 19.1 Å². The van der Waals surface area contributed by atoms with Crippen molar-refractivity contribution in [1.82, 2.24) is 4.98 Å². The third-order valence-electron chi connectivity index (χ3n) is 3.77. The number of unbranched alkanes of at least 4 members (excludes halogenated alkanes) is 2. The second kappa shape index (κ2) is 7.08. The van der Waals surface area contributed by atoms with E-state index < -0.39 is 0 Å². The van der Waals surface area contributed by atoms with Gasteiger partial charge in [-0.05, 0) is 18.6 Å². The molecule has 1 heterocycles. The van der Waals surface area contributed by atoms with Crippen LogP contribution in [0.15, 0.2) is 65.1 Å². The summed E-state index contributed by atoms with van der Waals surface area (Å²) < 4.78 is 6.09. The third kappa shape index (κ3) is 3.28. The van der Waals surface area contributed by atoms with Crippen molar-refractivity contribution in [3.8, 4) is 22.7 Å². The maximum absolute atomic E-state index is 6.09. The minimum atomic E-state index is 0.714. The Balaban J connectivity index is 1.97. The first-order valence-electron chi connectivity index (χ1n) is 7.99. The van der Waals surface area contributed by atoms with Crippen LogP contribution in [0.3, 0.4) is 0 Å².